The molecule has 2 aromatic carbocycles. The number of fused-ring (bicyclic) bond motifs is 1. The summed E-state index contributed by atoms with van der Waals surface area (Å²) >= 11 is 1.27. The van der Waals surface area contributed by atoms with E-state index in [0.29, 0.717) is 41.6 Å². The van der Waals surface area contributed by atoms with Crippen molar-refractivity contribution in [3.63, 3.8) is 0 Å². The van der Waals surface area contributed by atoms with E-state index in [1.165, 1.54) is 24.7 Å². The summed E-state index contributed by atoms with van der Waals surface area (Å²) in [5, 5.41) is 0. The van der Waals surface area contributed by atoms with Gasteiger partial charge >= 0.3 is 0 Å². The van der Waals surface area contributed by atoms with Gasteiger partial charge in [-0.1, -0.05) is 17.4 Å². The Morgan fingerprint density at radius 2 is 1.91 bits per heavy atom. The van der Waals surface area contributed by atoms with Gasteiger partial charge in [-0.3, -0.25) is 4.79 Å². The maximum atomic E-state index is 12.8. The molecule has 0 spiro atoms. The van der Waals surface area contributed by atoms with Gasteiger partial charge in [-0.2, -0.15) is 4.99 Å². The summed E-state index contributed by atoms with van der Waals surface area (Å²) in [6.07, 6.45) is 1.23. The molecule has 0 radical (unpaired) electrons. The molecule has 1 aromatic heterocycles. The van der Waals surface area contributed by atoms with Crippen molar-refractivity contribution in [1.82, 2.24) is 4.57 Å². The Balaban J connectivity index is 2.01. The van der Waals surface area contributed by atoms with Crippen LogP contribution in [-0.4, -0.2) is 52.6 Å². The molecule has 8 nitrogen and oxygen atoms in total. The number of methoxy groups -OCH3 is 2. The van der Waals surface area contributed by atoms with Crippen molar-refractivity contribution in [3.05, 3.63) is 46.8 Å². The minimum Gasteiger partial charge on any atom is -0.497 e. The summed E-state index contributed by atoms with van der Waals surface area (Å²) in [4.78, 5) is 17.8. The predicted octanol–water partition coefficient (Wildman–Crippen LogP) is 2.83. The highest BCUT2D eigenvalue weighted by molar-refractivity contribution is 7.90. The molecule has 0 atom stereocenters. The highest BCUT2D eigenvalue weighted by atomic mass is 32.2. The van der Waals surface area contributed by atoms with Crippen LogP contribution >= 0.6 is 11.3 Å². The molecular weight excluding hydrogens is 452 g/mol. The lowest BCUT2D eigenvalue weighted by molar-refractivity contribution is -0.117. The molecule has 3 rings (SSSR count). The summed E-state index contributed by atoms with van der Waals surface area (Å²) in [6.45, 7) is 3.42. The monoisotopic (exact) mass is 478 g/mol. The molecule has 1 amide bonds. The van der Waals surface area contributed by atoms with E-state index in [4.69, 9.17) is 14.2 Å². The van der Waals surface area contributed by atoms with Gasteiger partial charge in [-0.05, 0) is 31.2 Å². The number of aromatic nitrogens is 1. The molecule has 0 aliphatic rings. The van der Waals surface area contributed by atoms with Crippen molar-refractivity contribution in [2.24, 2.45) is 4.99 Å². The number of hydrogen-bond donors (Lipinski definition) is 0. The quantitative estimate of drug-likeness (QED) is 0.439. The second-order valence-electron chi connectivity index (χ2n) is 6.99. The molecule has 32 heavy (non-hydrogen) atoms. The van der Waals surface area contributed by atoms with Crippen LogP contribution in [0.25, 0.3) is 10.2 Å². The topological polar surface area (TPSA) is 96.2 Å². The van der Waals surface area contributed by atoms with E-state index in [1.54, 1.807) is 43.5 Å². The number of carbonyl (C=O) groups excluding carboxylic acids is 1. The van der Waals surface area contributed by atoms with E-state index in [9.17, 15) is 13.2 Å². The second kappa shape index (κ2) is 10.3. The number of sulfone groups is 1. The third kappa shape index (κ3) is 5.56. The molecule has 0 aliphatic carbocycles. The Morgan fingerprint density at radius 3 is 2.56 bits per heavy atom. The molecular formula is C22H26N2O6S2. The Labute approximate surface area is 191 Å². The van der Waals surface area contributed by atoms with E-state index in [2.05, 4.69) is 4.99 Å². The molecule has 1 heterocycles. The maximum Gasteiger partial charge on any atom is 0.252 e. The van der Waals surface area contributed by atoms with E-state index in [-0.39, 0.29) is 17.2 Å². The van der Waals surface area contributed by atoms with Gasteiger partial charge in [-0.25, -0.2) is 8.42 Å². The van der Waals surface area contributed by atoms with Gasteiger partial charge in [0.25, 0.3) is 5.91 Å². The van der Waals surface area contributed by atoms with Crippen molar-refractivity contribution in [1.29, 1.82) is 0 Å². The minimum absolute atomic E-state index is 0.0570. The normalized spacial score (nSPS) is 12.3. The molecule has 0 bridgehead atoms. The Bertz CT molecular complexity index is 1290. The summed E-state index contributed by atoms with van der Waals surface area (Å²) in [5.74, 6) is 0.842. The molecule has 10 heteroatoms. The van der Waals surface area contributed by atoms with Crippen LogP contribution in [0, 0.1) is 0 Å². The van der Waals surface area contributed by atoms with Gasteiger partial charge in [-0.15, -0.1) is 0 Å². The van der Waals surface area contributed by atoms with Crippen LogP contribution in [0.5, 0.6) is 11.5 Å². The van der Waals surface area contributed by atoms with Crippen molar-refractivity contribution in [2.75, 3.05) is 33.7 Å². The lowest BCUT2D eigenvalue weighted by atomic mass is 10.1. The Morgan fingerprint density at radius 1 is 1.12 bits per heavy atom. The first-order chi connectivity index (χ1) is 15.3. The Kier molecular flexibility index (Phi) is 7.70. The zero-order valence-corrected chi connectivity index (χ0v) is 20.1. The molecule has 0 unspecified atom stereocenters. The highest BCUT2D eigenvalue weighted by Crippen LogP contribution is 2.25. The number of amides is 1. The third-order valence-corrected chi connectivity index (χ3v) is 6.95. The van der Waals surface area contributed by atoms with Crippen molar-refractivity contribution in [2.45, 2.75) is 24.8 Å². The largest absolute Gasteiger partial charge is 0.497 e. The van der Waals surface area contributed by atoms with Crippen LogP contribution in [0.1, 0.15) is 12.5 Å². The molecule has 0 fully saturated rings. The van der Waals surface area contributed by atoms with Crippen LogP contribution in [0.2, 0.25) is 0 Å². The first-order valence-corrected chi connectivity index (χ1v) is 12.7. The smallest absolute Gasteiger partial charge is 0.252 e. The molecule has 3 aromatic rings. The Hall–Kier alpha value is -2.69. The van der Waals surface area contributed by atoms with Crippen molar-refractivity contribution in [3.8, 4) is 11.5 Å². The van der Waals surface area contributed by atoms with Crippen LogP contribution in [0.3, 0.4) is 0 Å². The third-order valence-electron chi connectivity index (χ3n) is 4.80. The minimum atomic E-state index is -3.34. The second-order valence-corrected chi connectivity index (χ2v) is 10.0. The van der Waals surface area contributed by atoms with Crippen LogP contribution in [0.15, 0.2) is 46.3 Å². The van der Waals surface area contributed by atoms with Crippen LogP contribution in [0.4, 0.5) is 0 Å². The summed E-state index contributed by atoms with van der Waals surface area (Å²) in [5.41, 5.74) is 1.50. The lowest BCUT2D eigenvalue weighted by Crippen LogP contribution is -2.20. The average Bonchev–Trinajstić information content (AvgIpc) is 3.09. The lowest BCUT2D eigenvalue weighted by Gasteiger charge is -2.09. The SMILES string of the molecule is CCOCCn1c(=NC(=O)Cc2ccc(OC)cc2OC)sc2cc(S(C)(=O)=O)ccc21. The number of rotatable bonds is 9. The summed E-state index contributed by atoms with van der Waals surface area (Å²) in [6, 6.07) is 10.2. The molecule has 0 saturated carbocycles. The fourth-order valence-electron chi connectivity index (χ4n) is 3.19. The zero-order valence-electron chi connectivity index (χ0n) is 18.5. The first kappa shape index (κ1) is 24.0. The van der Waals surface area contributed by atoms with Crippen molar-refractivity contribution >= 4 is 37.3 Å². The van der Waals surface area contributed by atoms with E-state index in [0.717, 1.165) is 10.2 Å². The van der Waals surface area contributed by atoms with Gasteiger partial charge < -0.3 is 18.8 Å². The fourth-order valence-corrected chi connectivity index (χ4v) is 5.03. The standard InChI is InChI=1S/C22H26N2O6S2/c1-5-30-11-10-24-18-9-8-17(32(4,26)27)14-20(18)31-22(24)23-21(25)12-15-6-7-16(28-2)13-19(15)29-3/h6-9,13-14H,5,10-12H2,1-4H3. The van der Waals surface area contributed by atoms with Gasteiger partial charge in [0.2, 0.25) is 0 Å². The van der Waals surface area contributed by atoms with E-state index >= 15 is 0 Å². The zero-order chi connectivity index (χ0) is 23.3. The van der Waals surface area contributed by atoms with Gasteiger partial charge in [0, 0.05) is 31.0 Å². The highest BCUT2D eigenvalue weighted by Gasteiger charge is 2.14. The number of ether oxygens (including phenoxy) is 3. The number of thiazole rings is 1. The predicted molar refractivity (Wildman–Crippen MR) is 123 cm³/mol. The van der Waals surface area contributed by atoms with Crippen LogP contribution in [-0.2, 0) is 32.3 Å². The van der Waals surface area contributed by atoms with Gasteiger partial charge in [0.15, 0.2) is 14.6 Å². The number of carbonyl (C=O) groups is 1. The fraction of sp³-hybridized carbons (Fsp3) is 0.364. The average molecular weight is 479 g/mol. The molecule has 0 saturated heterocycles. The van der Waals surface area contributed by atoms with Crippen molar-refractivity contribution < 1.29 is 27.4 Å². The maximum absolute atomic E-state index is 12.8. The molecule has 172 valence electrons. The number of benzene rings is 2. The summed E-state index contributed by atoms with van der Waals surface area (Å²) in [7, 11) is -0.248. The summed E-state index contributed by atoms with van der Waals surface area (Å²) < 4.78 is 42.5. The number of nitrogens with zero attached hydrogens (tertiary/aromatic N) is 2. The number of hydrogen-bond acceptors (Lipinski definition) is 7. The van der Waals surface area contributed by atoms with Gasteiger partial charge in [0.05, 0.1) is 42.4 Å². The van der Waals surface area contributed by atoms with Gasteiger partial charge in [0.1, 0.15) is 11.5 Å². The first-order valence-electron chi connectivity index (χ1n) is 9.96. The van der Waals surface area contributed by atoms with E-state index in [1.807, 2.05) is 11.5 Å². The van der Waals surface area contributed by atoms with E-state index < -0.39 is 9.84 Å². The van der Waals surface area contributed by atoms with Crippen LogP contribution < -0.4 is 14.3 Å². The molecule has 0 aliphatic heterocycles. The molecule has 0 N–H and O–H groups in total.